The van der Waals surface area contributed by atoms with Crippen LogP contribution < -0.4 is 5.14 Å². The Labute approximate surface area is 62.7 Å². The van der Waals surface area contributed by atoms with Gasteiger partial charge in [-0.25, -0.2) is 5.14 Å². The Morgan fingerprint density at radius 1 is 1.50 bits per heavy atom. The SMILES string of the molecule is NS(=O)(=O)Cl.[NaH]. The molecule has 0 aromatic rings. The second-order valence-corrected chi connectivity index (χ2v) is 2.72. The topological polar surface area (TPSA) is 60.2 Å². The third-order valence-corrected chi connectivity index (χ3v) is 0. The van der Waals surface area contributed by atoms with Crippen LogP contribution in [-0.2, 0) is 9.24 Å². The normalized spacial score (nSPS) is 9.67. The Balaban J connectivity index is 0. The van der Waals surface area contributed by atoms with E-state index in [9.17, 15) is 8.42 Å². The van der Waals surface area contributed by atoms with E-state index in [1.165, 1.54) is 0 Å². The van der Waals surface area contributed by atoms with Crippen LogP contribution in [0.2, 0.25) is 0 Å². The molecule has 6 heavy (non-hydrogen) atoms. The molecule has 2 N–H and O–H groups in total. The molecular weight excluding hydrogens is 137 g/mol. The molecule has 0 atom stereocenters. The Morgan fingerprint density at radius 2 is 1.50 bits per heavy atom. The molecule has 0 radical (unpaired) electrons. The van der Waals surface area contributed by atoms with Gasteiger partial charge in [0, 0.05) is 10.7 Å². The summed E-state index contributed by atoms with van der Waals surface area (Å²) >= 11 is 0. The Bertz CT molecular complexity index is 96.7. The van der Waals surface area contributed by atoms with Crippen molar-refractivity contribution in [1.29, 1.82) is 0 Å². The van der Waals surface area contributed by atoms with Crippen molar-refractivity contribution in [2.45, 2.75) is 0 Å². The standard InChI is InChI=1S/ClH2NO2S.Na.H/c1-5(2,3)4;;/h(H2,2,3,4);;. The number of hydrogen-bond donors (Lipinski definition) is 1. The van der Waals surface area contributed by atoms with Crippen molar-refractivity contribution in [3.63, 3.8) is 0 Å². The molecule has 0 saturated heterocycles. The van der Waals surface area contributed by atoms with Crippen LogP contribution in [-0.4, -0.2) is 38.0 Å². The van der Waals surface area contributed by atoms with Crippen molar-refractivity contribution < 1.29 is 8.42 Å². The monoisotopic (exact) mass is 139 g/mol. The van der Waals surface area contributed by atoms with E-state index in [1.54, 1.807) is 0 Å². The first-order valence-electron chi connectivity index (χ1n) is 0.723. The third-order valence-electron chi connectivity index (χ3n) is 0. The second kappa shape index (κ2) is 3.23. The molecule has 0 aliphatic heterocycles. The molecule has 0 aromatic carbocycles. The van der Waals surface area contributed by atoms with Gasteiger partial charge in [0.1, 0.15) is 0 Å². The molecule has 0 heterocycles. The Morgan fingerprint density at radius 3 is 1.50 bits per heavy atom. The van der Waals surface area contributed by atoms with Crippen LogP contribution >= 0.6 is 10.7 Å². The summed E-state index contributed by atoms with van der Waals surface area (Å²) in [6.45, 7) is 0. The molecule has 0 fully saturated rings. The zero-order chi connectivity index (χ0) is 4.50. The van der Waals surface area contributed by atoms with Gasteiger partial charge in [-0.15, -0.1) is 0 Å². The second-order valence-electron chi connectivity index (χ2n) is 0.476. The summed E-state index contributed by atoms with van der Waals surface area (Å²) in [5.41, 5.74) is 0. The van der Waals surface area contributed by atoms with Crippen molar-refractivity contribution in [1.82, 2.24) is 0 Å². The molecule has 0 amide bonds. The molecule has 0 bridgehead atoms. The van der Waals surface area contributed by atoms with Gasteiger partial charge in [0.25, 0.3) is 9.24 Å². The predicted molar refractivity (Wildman–Crippen MR) is 26.1 cm³/mol. The van der Waals surface area contributed by atoms with Crippen molar-refractivity contribution >= 4 is 49.5 Å². The van der Waals surface area contributed by atoms with Gasteiger partial charge in [-0.05, 0) is 0 Å². The summed E-state index contributed by atoms with van der Waals surface area (Å²) in [4.78, 5) is 0. The van der Waals surface area contributed by atoms with Crippen molar-refractivity contribution in [3.8, 4) is 0 Å². The summed E-state index contributed by atoms with van der Waals surface area (Å²) < 4.78 is 18.4. The van der Waals surface area contributed by atoms with Gasteiger partial charge in [-0.2, -0.15) is 8.42 Å². The summed E-state index contributed by atoms with van der Waals surface area (Å²) in [6.07, 6.45) is 0. The van der Waals surface area contributed by atoms with Gasteiger partial charge in [0.05, 0.1) is 0 Å². The van der Waals surface area contributed by atoms with Crippen molar-refractivity contribution in [2.75, 3.05) is 0 Å². The van der Waals surface area contributed by atoms with Crippen LogP contribution in [0.25, 0.3) is 0 Å². The minimum absolute atomic E-state index is 0. The fourth-order valence-corrected chi connectivity index (χ4v) is 0. The number of rotatable bonds is 0. The maximum absolute atomic E-state index is 9.18. The Hall–Kier alpha value is 1.20. The molecule has 0 aromatic heterocycles. The summed E-state index contributed by atoms with van der Waals surface area (Å²) in [5, 5.41) is 4.09. The van der Waals surface area contributed by atoms with E-state index in [1.807, 2.05) is 0 Å². The van der Waals surface area contributed by atoms with E-state index in [0.717, 1.165) is 0 Å². The zero-order valence-electron chi connectivity index (χ0n) is 2.18. The van der Waals surface area contributed by atoms with E-state index in [2.05, 4.69) is 15.8 Å². The van der Waals surface area contributed by atoms with Gasteiger partial charge in [0.2, 0.25) is 0 Å². The first-order chi connectivity index (χ1) is 2.00. The average Bonchev–Trinajstić information content (AvgIpc) is 0.722. The van der Waals surface area contributed by atoms with Gasteiger partial charge >= 0.3 is 29.6 Å². The van der Waals surface area contributed by atoms with Gasteiger partial charge < -0.3 is 0 Å². The minimum atomic E-state index is -3.69. The van der Waals surface area contributed by atoms with Crippen LogP contribution in [0.1, 0.15) is 0 Å². The first kappa shape index (κ1) is 10.2. The molecule has 0 spiro atoms. The van der Waals surface area contributed by atoms with Gasteiger partial charge in [0.15, 0.2) is 0 Å². The molecule has 0 aliphatic carbocycles. The molecule has 34 valence electrons. The van der Waals surface area contributed by atoms with Crippen LogP contribution in [0.15, 0.2) is 0 Å². The fourth-order valence-electron chi connectivity index (χ4n) is 0. The van der Waals surface area contributed by atoms with E-state index >= 15 is 0 Å². The molecule has 3 nitrogen and oxygen atoms in total. The number of hydrogen-bond acceptors (Lipinski definition) is 2. The first-order valence-corrected chi connectivity index (χ1v) is 3.10. The van der Waals surface area contributed by atoms with Crippen molar-refractivity contribution in [3.05, 3.63) is 0 Å². The molecule has 0 rings (SSSR count). The fraction of sp³-hybridized carbons (Fsp3) is 0. The zero-order valence-corrected chi connectivity index (χ0v) is 3.75. The predicted octanol–water partition coefficient (Wildman–Crippen LogP) is -1.22. The van der Waals surface area contributed by atoms with Crippen molar-refractivity contribution in [2.24, 2.45) is 5.14 Å². The summed E-state index contributed by atoms with van der Waals surface area (Å²) in [7, 11) is 0.586. The summed E-state index contributed by atoms with van der Waals surface area (Å²) in [6, 6.07) is 0. The molecular formula is H3ClNNaO2S. The van der Waals surface area contributed by atoms with E-state index < -0.39 is 9.24 Å². The quantitative estimate of drug-likeness (QED) is 0.338. The molecule has 0 aliphatic rings. The number of nitrogens with two attached hydrogens (primary N) is 1. The maximum atomic E-state index is 9.18. The van der Waals surface area contributed by atoms with Gasteiger partial charge in [-0.1, -0.05) is 0 Å². The van der Waals surface area contributed by atoms with Crippen LogP contribution in [0.5, 0.6) is 0 Å². The van der Waals surface area contributed by atoms with Crippen LogP contribution in [0.3, 0.4) is 0 Å². The van der Waals surface area contributed by atoms with E-state index in [0.29, 0.717) is 0 Å². The Kier molecular flexibility index (Phi) is 5.52. The molecule has 6 heteroatoms. The summed E-state index contributed by atoms with van der Waals surface area (Å²) in [5.74, 6) is 0. The third kappa shape index (κ3) is 63.7. The molecule has 0 unspecified atom stereocenters. The average molecular weight is 140 g/mol. The van der Waals surface area contributed by atoms with Crippen LogP contribution in [0, 0.1) is 0 Å². The van der Waals surface area contributed by atoms with E-state index in [4.69, 9.17) is 0 Å². The van der Waals surface area contributed by atoms with Gasteiger partial charge in [-0.3, -0.25) is 0 Å². The van der Waals surface area contributed by atoms with Crippen LogP contribution in [0.4, 0.5) is 0 Å². The molecule has 0 saturated carbocycles. The van der Waals surface area contributed by atoms with E-state index in [-0.39, 0.29) is 29.6 Å². The number of halogens is 1.